The Balaban J connectivity index is 1.64. The van der Waals surface area contributed by atoms with Gasteiger partial charge >= 0.3 is 0 Å². The maximum atomic E-state index is 8.80. The number of nitrogens with one attached hydrogen (secondary N) is 4. The maximum Gasteiger partial charge on any atom is 0.204 e. The van der Waals surface area contributed by atoms with Crippen LogP contribution in [0.15, 0.2) is 35.7 Å². The van der Waals surface area contributed by atoms with Crippen LogP contribution in [-0.4, -0.2) is 46.3 Å². The van der Waals surface area contributed by atoms with Gasteiger partial charge in [-0.05, 0) is 19.1 Å². The molecule has 0 radical (unpaired) electrons. The van der Waals surface area contributed by atoms with Crippen molar-refractivity contribution in [2.45, 2.75) is 12.7 Å². The van der Waals surface area contributed by atoms with Gasteiger partial charge in [0.25, 0.3) is 0 Å². The third-order valence-corrected chi connectivity index (χ3v) is 4.19. The molecule has 0 saturated heterocycles. The molecule has 0 unspecified atom stereocenters. The average molecular weight is 358 g/mol. The highest BCUT2D eigenvalue weighted by atomic mass is 32.2. The van der Waals surface area contributed by atoms with Crippen molar-refractivity contribution in [3.8, 4) is 6.19 Å². The summed E-state index contributed by atoms with van der Waals surface area (Å²) >= 11 is 1.76. The SMILES string of the molecule is Cc1[nH]cnc1CSCCN=C(NC#N)NCCNc1ccccn1. The highest BCUT2D eigenvalue weighted by Crippen LogP contribution is 2.11. The Morgan fingerprint density at radius 2 is 2.28 bits per heavy atom. The van der Waals surface area contributed by atoms with Gasteiger partial charge in [-0.25, -0.2) is 9.97 Å². The van der Waals surface area contributed by atoms with Crippen LogP contribution in [0.3, 0.4) is 0 Å². The molecule has 0 fully saturated rings. The first-order valence-corrected chi connectivity index (χ1v) is 9.10. The van der Waals surface area contributed by atoms with E-state index in [-0.39, 0.29) is 0 Å². The Kier molecular flexibility index (Phi) is 8.14. The minimum absolute atomic E-state index is 0.488. The maximum absolute atomic E-state index is 8.80. The summed E-state index contributed by atoms with van der Waals surface area (Å²) in [5, 5.41) is 17.7. The van der Waals surface area contributed by atoms with Gasteiger partial charge in [0.05, 0.1) is 18.6 Å². The molecule has 25 heavy (non-hydrogen) atoms. The van der Waals surface area contributed by atoms with E-state index in [0.29, 0.717) is 25.6 Å². The van der Waals surface area contributed by atoms with E-state index < -0.39 is 0 Å². The molecular formula is C16H22N8S. The lowest BCUT2D eigenvalue weighted by Gasteiger charge is -2.09. The first-order chi connectivity index (χ1) is 12.3. The van der Waals surface area contributed by atoms with E-state index >= 15 is 0 Å². The molecule has 8 nitrogen and oxygen atoms in total. The van der Waals surface area contributed by atoms with Crippen LogP contribution >= 0.6 is 11.8 Å². The molecule has 0 bridgehead atoms. The average Bonchev–Trinajstić information content (AvgIpc) is 3.04. The van der Waals surface area contributed by atoms with Crippen LogP contribution in [0.4, 0.5) is 5.82 Å². The molecule has 2 aromatic rings. The number of aliphatic imine (C=N–C) groups is 1. The van der Waals surface area contributed by atoms with E-state index in [1.165, 1.54) is 0 Å². The zero-order valence-electron chi connectivity index (χ0n) is 14.1. The van der Waals surface area contributed by atoms with Gasteiger partial charge in [0.2, 0.25) is 5.96 Å². The molecule has 0 spiro atoms. The quantitative estimate of drug-likeness (QED) is 0.176. The van der Waals surface area contributed by atoms with Gasteiger partial charge < -0.3 is 15.6 Å². The normalized spacial score (nSPS) is 11.0. The van der Waals surface area contributed by atoms with Crippen molar-refractivity contribution < 1.29 is 0 Å². The first-order valence-electron chi connectivity index (χ1n) is 7.94. The number of thioether (sulfide) groups is 1. The van der Waals surface area contributed by atoms with Crippen LogP contribution in [0.25, 0.3) is 0 Å². The Morgan fingerprint density at radius 1 is 1.36 bits per heavy atom. The van der Waals surface area contributed by atoms with Gasteiger partial charge in [0.15, 0.2) is 6.19 Å². The minimum Gasteiger partial charge on any atom is -0.368 e. The number of nitrogens with zero attached hydrogens (tertiary/aromatic N) is 4. The van der Waals surface area contributed by atoms with Crippen LogP contribution < -0.4 is 16.0 Å². The second-order valence-electron chi connectivity index (χ2n) is 5.06. The smallest absolute Gasteiger partial charge is 0.204 e. The molecule has 0 atom stereocenters. The van der Waals surface area contributed by atoms with Crippen molar-refractivity contribution >= 4 is 23.5 Å². The topological polar surface area (TPSA) is 114 Å². The number of H-pyrrole nitrogens is 1. The number of nitriles is 1. The summed E-state index contributed by atoms with van der Waals surface area (Å²) in [6, 6.07) is 5.70. The number of guanidine groups is 1. The summed E-state index contributed by atoms with van der Waals surface area (Å²) in [5.41, 5.74) is 2.17. The molecule has 0 aromatic carbocycles. The molecule has 0 aliphatic carbocycles. The van der Waals surface area contributed by atoms with Crippen molar-refractivity contribution in [3.63, 3.8) is 0 Å². The predicted molar refractivity (Wildman–Crippen MR) is 101 cm³/mol. The summed E-state index contributed by atoms with van der Waals surface area (Å²) in [6.45, 7) is 3.94. The fourth-order valence-corrected chi connectivity index (χ4v) is 2.80. The number of aryl methyl sites for hydroxylation is 1. The van der Waals surface area contributed by atoms with Gasteiger partial charge in [-0.3, -0.25) is 10.3 Å². The molecule has 9 heteroatoms. The van der Waals surface area contributed by atoms with E-state index in [1.54, 1.807) is 24.3 Å². The molecule has 0 saturated carbocycles. The summed E-state index contributed by atoms with van der Waals surface area (Å²) in [5.74, 6) is 3.02. The lowest BCUT2D eigenvalue weighted by atomic mass is 10.4. The second kappa shape index (κ2) is 10.9. The van der Waals surface area contributed by atoms with Crippen LogP contribution in [0.1, 0.15) is 11.4 Å². The zero-order chi connectivity index (χ0) is 17.7. The third-order valence-electron chi connectivity index (χ3n) is 3.24. The number of pyridine rings is 1. The van der Waals surface area contributed by atoms with Crippen LogP contribution in [0.2, 0.25) is 0 Å². The Morgan fingerprint density at radius 3 is 3.00 bits per heavy atom. The summed E-state index contributed by atoms with van der Waals surface area (Å²) in [6.07, 6.45) is 5.35. The Labute approximate surface area is 151 Å². The lowest BCUT2D eigenvalue weighted by molar-refractivity contribution is 0.866. The summed E-state index contributed by atoms with van der Waals surface area (Å²) in [7, 11) is 0. The molecule has 2 heterocycles. The number of hydrogen-bond donors (Lipinski definition) is 4. The van der Waals surface area contributed by atoms with E-state index in [0.717, 1.165) is 28.7 Å². The number of aromatic amines is 1. The standard InChI is InChI=1S/C16H22N8S/c1-13-14(24-12-23-13)10-25-9-8-21-16(22-11-17)20-7-6-19-15-4-2-3-5-18-15/h2-5,12H,6-10H2,1H3,(H,18,19)(H,23,24)(H2,20,21,22). The van der Waals surface area contributed by atoms with Crippen molar-refractivity contribution in [1.82, 2.24) is 25.6 Å². The Hall–Kier alpha value is -2.73. The fraction of sp³-hybridized carbons (Fsp3) is 0.375. The largest absolute Gasteiger partial charge is 0.368 e. The second-order valence-corrected chi connectivity index (χ2v) is 6.17. The molecule has 2 aromatic heterocycles. The van der Waals surface area contributed by atoms with E-state index in [1.807, 2.05) is 31.3 Å². The van der Waals surface area contributed by atoms with Gasteiger partial charge in [-0.1, -0.05) is 6.07 Å². The van der Waals surface area contributed by atoms with Crippen molar-refractivity contribution in [2.75, 3.05) is 30.7 Å². The fourth-order valence-electron chi connectivity index (χ4n) is 1.95. The third kappa shape index (κ3) is 7.14. The highest BCUT2D eigenvalue weighted by Gasteiger charge is 2.01. The van der Waals surface area contributed by atoms with E-state index in [2.05, 4.69) is 35.9 Å². The number of imidazole rings is 1. The van der Waals surface area contributed by atoms with Crippen LogP contribution in [0, 0.1) is 18.4 Å². The van der Waals surface area contributed by atoms with Crippen molar-refractivity contribution in [1.29, 1.82) is 5.26 Å². The first kappa shape index (κ1) is 18.6. The number of rotatable bonds is 9. The number of anilines is 1. The predicted octanol–water partition coefficient (Wildman–Crippen LogP) is 1.47. The molecular weight excluding hydrogens is 336 g/mol. The highest BCUT2D eigenvalue weighted by molar-refractivity contribution is 7.98. The van der Waals surface area contributed by atoms with Gasteiger partial charge in [0.1, 0.15) is 5.82 Å². The number of hydrogen-bond acceptors (Lipinski definition) is 6. The lowest BCUT2D eigenvalue weighted by Crippen LogP contribution is -2.37. The molecule has 0 amide bonds. The van der Waals surface area contributed by atoms with Gasteiger partial charge in [-0.15, -0.1) is 0 Å². The molecule has 4 N–H and O–H groups in total. The van der Waals surface area contributed by atoms with E-state index in [4.69, 9.17) is 5.26 Å². The monoisotopic (exact) mass is 358 g/mol. The minimum atomic E-state index is 0.488. The molecule has 0 aliphatic heterocycles. The van der Waals surface area contributed by atoms with Gasteiger partial charge in [-0.2, -0.15) is 17.0 Å². The van der Waals surface area contributed by atoms with Crippen LogP contribution in [0.5, 0.6) is 0 Å². The zero-order valence-corrected chi connectivity index (χ0v) is 14.9. The summed E-state index contributed by atoms with van der Waals surface area (Å²) < 4.78 is 0. The molecule has 2 rings (SSSR count). The van der Waals surface area contributed by atoms with Gasteiger partial charge in [0, 0.05) is 36.5 Å². The summed E-state index contributed by atoms with van der Waals surface area (Å²) in [4.78, 5) is 15.9. The molecule has 0 aliphatic rings. The van der Waals surface area contributed by atoms with E-state index in [9.17, 15) is 0 Å². The number of aromatic nitrogens is 3. The molecule has 132 valence electrons. The van der Waals surface area contributed by atoms with Crippen LogP contribution in [-0.2, 0) is 5.75 Å². The Bertz CT molecular complexity index is 692. The van der Waals surface area contributed by atoms with Crippen molar-refractivity contribution in [3.05, 3.63) is 42.1 Å². The van der Waals surface area contributed by atoms with Crippen molar-refractivity contribution in [2.24, 2.45) is 4.99 Å².